The molecule has 4 unspecified atom stereocenters. The van der Waals surface area contributed by atoms with Gasteiger partial charge in [0.1, 0.15) is 6.61 Å². The fourth-order valence-corrected chi connectivity index (χ4v) is 7.96. The predicted molar refractivity (Wildman–Crippen MR) is 260 cm³/mol. The molecule has 0 rings (SSSR count). The molecule has 0 radical (unpaired) electrons. The van der Waals surface area contributed by atoms with Gasteiger partial charge in [-0.15, -0.1) is 0 Å². The number of hydrogen-bond acceptors (Lipinski definition) is 10. The normalized spacial score (nSPS) is 14.4. The minimum absolute atomic E-state index is 0.124. The van der Waals surface area contributed by atoms with Crippen LogP contribution in [0.1, 0.15) is 226 Å². The molecule has 0 aliphatic heterocycles. The summed E-state index contributed by atoms with van der Waals surface area (Å²) < 4.78 is 34.2. The maximum absolute atomic E-state index is 12.8. The third-order valence-corrected chi connectivity index (χ3v) is 12.1. The van der Waals surface area contributed by atoms with Crippen LogP contribution in [0.4, 0.5) is 0 Å². The van der Waals surface area contributed by atoms with E-state index in [1.807, 2.05) is 6.08 Å². The average Bonchev–Trinajstić information content (AvgIpc) is 3.27. The summed E-state index contributed by atoms with van der Waals surface area (Å²) >= 11 is 0. The molecule has 0 saturated heterocycles. The lowest BCUT2D eigenvalue weighted by Crippen LogP contribution is -2.41. The van der Waals surface area contributed by atoms with Gasteiger partial charge < -0.3 is 29.9 Å². The number of phosphoric ester groups is 1. The molecule has 12 heteroatoms. The molecular weight excluding hydrogens is 818 g/mol. The number of rotatable bonds is 48. The van der Waals surface area contributed by atoms with Crippen molar-refractivity contribution in [1.29, 1.82) is 0 Å². The summed E-state index contributed by atoms with van der Waals surface area (Å²) in [5.74, 6) is -0.891. The number of nitrogens with one attached hydrogen (secondary N) is 1. The van der Waals surface area contributed by atoms with E-state index >= 15 is 0 Å². The zero-order valence-corrected chi connectivity index (χ0v) is 41.4. The molecule has 0 aliphatic rings. The van der Waals surface area contributed by atoms with Crippen LogP contribution in [0.25, 0.3) is 0 Å². The SMILES string of the molecule is CCCCC/C=C\C/C=C\CCCCCCCC(=O)OC(COC(=O)CCCCCCCCCCCCCCC)COP(=O)(O)OCCNC(CCO)C(O)C/C=C\CCCCC. The molecule has 0 aliphatic carbocycles. The molecule has 4 atom stereocenters. The first-order valence-electron chi connectivity index (χ1n) is 25.6. The minimum atomic E-state index is -4.57. The summed E-state index contributed by atoms with van der Waals surface area (Å²) in [5.41, 5.74) is 0. The molecule has 63 heavy (non-hydrogen) atoms. The van der Waals surface area contributed by atoms with Gasteiger partial charge in [-0.1, -0.05) is 179 Å². The lowest BCUT2D eigenvalue weighted by molar-refractivity contribution is -0.161. The van der Waals surface area contributed by atoms with Crippen molar-refractivity contribution in [2.75, 3.05) is 33.0 Å². The van der Waals surface area contributed by atoms with Crippen LogP contribution in [-0.2, 0) is 32.7 Å². The van der Waals surface area contributed by atoms with E-state index in [1.165, 1.54) is 77.0 Å². The van der Waals surface area contributed by atoms with Crippen molar-refractivity contribution in [2.45, 2.75) is 244 Å². The highest BCUT2D eigenvalue weighted by molar-refractivity contribution is 7.47. The van der Waals surface area contributed by atoms with E-state index in [-0.39, 0.29) is 39.2 Å². The number of hydrogen-bond donors (Lipinski definition) is 4. The van der Waals surface area contributed by atoms with E-state index < -0.39 is 44.6 Å². The summed E-state index contributed by atoms with van der Waals surface area (Å²) in [5, 5.41) is 23.2. The van der Waals surface area contributed by atoms with Crippen LogP contribution in [0, 0.1) is 0 Å². The molecule has 0 aromatic rings. The maximum Gasteiger partial charge on any atom is 0.472 e. The molecular formula is C51H96NO10P. The highest BCUT2D eigenvalue weighted by Gasteiger charge is 2.26. The van der Waals surface area contributed by atoms with Crippen molar-refractivity contribution in [3.05, 3.63) is 36.5 Å². The first-order valence-corrected chi connectivity index (χ1v) is 27.1. The van der Waals surface area contributed by atoms with Crippen LogP contribution in [-0.4, -0.2) is 78.3 Å². The van der Waals surface area contributed by atoms with Crippen LogP contribution in [0.3, 0.4) is 0 Å². The lowest BCUT2D eigenvalue weighted by Gasteiger charge is -2.23. The highest BCUT2D eigenvalue weighted by Crippen LogP contribution is 2.43. The number of phosphoric acid groups is 1. The van der Waals surface area contributed by atoms with E-state index in [2.05, 4.69) is 56.5 Å². The van der Waals surface area contributed by atoms with Crippen molar-refractivity contribution >= 4 is 19.8 Å². The van der Waals surface area contributed by atoms with Crippen LogP contribution >= 0.6 is 7.82 Å². The Morgan fingerprint density at radius 3 is 1.59 bits per heavy atom. The van der Waals surface area contributed by atoms with Gasteiger partial charge in [-0.05, 0) is 70.6 Å². The van der Waals surface area contributed by atoms with Gasteiger partial charge in [0.25, 0.3) is 0 Å². The Kier molecular flexibility index (Phi) is 45.3. The zero-order valence-electron chi connectivity index (χ0n) is 40.5. The number of unbranched alkanes of at least 4 members (excludes halogenated alkanes) is 23. The molecule has 0 aromatic heterocycles. The maximum atomic E-state index is 12.8. The smallest absolute Gasteiger partial charge is 0.462 e. The van der Waals surface area contributed by atoms with Crippen molar-refractivity contribution in [1.82, 2.24) is 5.32 Å². The molecule has 0 fully saturated rings. The number of allylic oxidation sites excluding steroid dienone is 5. The first kappa shape index (κ1) is 61.1. The van der Waals surface area contributed by atoms with Gasteiger partial charge in [-0.3, -0.25) is 18.6 Å². The van der Waals surface area contributed by atoms with Gasteiger partial charge in [0.2, 0.25) is 0 Å². The van der Waals surface area contributed by atoms with Gasteiger partial charge in [-0.2, -0.15) is 0 Å². The fourth-order valence-electron chi connectivity index (χ4n) is 7.21. The van der Waals surface area contributed by atoms with Gasteiger partial charge in [0.15, 0.2) is 6.10 Å². The number of carbonyl (C=O) groups excluding carboxylic acids is 2. The van der Waals surface area contributed by atoms with E-state index in [4.69, 9.17) is 18.5 Å². The average molecular weight is 914 g/mol. The minimum Gasteiger partial charge on any atom is -0.462 e. The van der Waals surface area contributed by atoms with Crippen molar-refractivity contribution in [2.24, 2.45) is 0 Å². The summed E-state index contributed by atoms with van der Waals surface area (Å²) in [4.78, 5) is 35.9. The van der Waals surface area contributed by atoms with Crippen molar-refractivity contribution in [3.63, 3.8) is 0 Å². The second kappa shape index (κ2) is 46.7. The largest absolute Gasteiger partial charge is 0.472 e. The van der Waals surface area contributed by atoms with Crippen LogP contribution in [0.2, 0.25) is 0 Å². The fraction of sp³-hybridized carbons (Fsp3) is 0.843. The zero-order chi connectivity index (χ0) is 46.3. The van der Waals surface area contributed by atoms with Crippen LogP contribution < -0.4 is 5.32 Å². The predicted octanol–water partition coefficient (Wildman–Crippen LogP) is 13.1. The molecule has 370 valence electrons. The van der Waals surface area contributed by atoms with Gasteiger partial charge in [0, 0.05) is 32.0 Å². The molecule has 0 aromatic carbocycles. The molecule has 0 bridgehead atoms. The third-order valence-electron chi connectivity index (χ3n) is 11.2. The monoisotopic (exact) mass is 914 g/mol. The summed E-state index contributed by atoms with van der Waals surface area (Å²) in [6, 6.07) is -0.435. The molecule has 0 spiro atoms. The number of ether oxygens (including phenoxy) is 2. The van der Waals surface area contributed by atoms with E-state index in [0.717, 1.165) is 89.9 Å². The highest BCUT2D eigenvalue weighted by atomic mass is 31.2. The lowest BCUT2D eigenvalue weighted by atomic mass is 10.0. The number of esters is 2. The van der Waals surface area contributed by atoms with Gasteiger partial charge >= 0.3 is 19.8 Å². The molecule has 0 amide bonds. The standard InChI is InChI=1S/C51H96NO10P/c1-4-7-10-13-16-18-20-22-23-25-27-29-31-34-37-40-51(56)62-47(45-59-50(55)39-36-33-30-28-26-24-21-19-17-14-11-8-5-2)46-61-63(57,58)60-44-42-52-48(41-43-53)49(54)38-35-32-15-12-9-6-3/h16,18,22-23,32,35,47-49,52-54H,4-15,17,19-21,24-31,33-34,36-46H2,1-3H3,(H,57,58)/b18-16-,23-22-,35-32-. The number of aliphatic hydroxyl groups is 2. The molecule has 0 saturated carbocycles. The topological polar surface area (TPSA) is 161 Å². The molecule has 4 N–H and O–H groups in total. The summed E-state index contributed by atoms with van der Waals surface area (Å²) in [6.45, 7) is 5.63. The van der Waals surface area contributed by atoms with Gasteiger partial charge in [0.05, 0.1) is 19.3 Å². The summed E-state index contributed by atoms with van der Waals surface area (Å²) in [7, 11) is -4.57. The Balaban J connectivity index is 4.79. The van der Waals surface area contributed by atoms with E-state index in [1.54, 1.807) is 0 Å². The quantitative estimate of drug-likeness (QED) is 0.0199. The molecule has 11 nitrogen and oxygen atoms in total. The second-order valence-corrected chi connectivity index (χ2v) is 18.7. The Bertz CT molecular complexity index is 1160. The van der Waals surface area contributed by atoms with E-state index in [9.17, 15) is 29.3 Å². The van der Waals surface area contributed by atoms with Gasteiger partial charge in [-0.25, -0.2) is 4.57 Å². The Hall–Kier alpha value is -1.85. The number of aliphatic hydroxyl groups excluding tert-OH is 2. The number of carbonyl (C=O) groups is 2. The Labute approximate surface area is 385 Å². The van der Waals surface area contributed by atoms with Crippen molar-refractivity contribution in [3.8, 4) is 0 Å². The Morgan fingerprint density at radius 2 is 1.05 bits per heavy atom. The summed E-state index contributed by atoms with van der Waals surface area (Å²) in [6.07, 6.45) is 44.1. The van der Waals surface area contributed by atoms with E-state index in [0.29, 0.717) is 25.7 Å². The first-order chi connectivity index (χ1) is 30.7. The van der Waals surface area contributed by atoms with Crippen molar-refractivity contribution < 1.29 is 47.8 Å². The second-order valence-electron chi connectivity index (χ2n) is 17.2. The van der Waals surface area contributed by atoms with Crippen LogP contribution in [0.15, 0.2) is 36.5 Å². The molecule has 0 heterocycles. The Morgan fingerprint density at radius 1 is 0.587 bits per heavy atom. The van der Waals surface area contributed by atoms with Crippen LogP contribution in [0.5, 0.6) is 0 Å². The third kappa shape index (κ3) is 43.8.